The third kappa shape index (κ3) is 5.71. The molecule has 1 aromatic carbocycles. The van der Waals surface area contributed by atoms with E-state index >= 15 is 0 Å². The van der Waals surface area contributed by atoms with Crippen molar-refractivity contribution >= 4 is 29.9 Å². The second kappa shape index (κ2) is 8.35. The molecule has 1 rings (SSSR count). The predicted molar refractivity (Wildman–Crippen MR) is 78.0 cm³/mol. The highest BCUT2D eigenvalue weighted by molar-refractivity contribution is 6.31. The van der Waals surface area contributed by atoms with Crippen LogP contribution in [-0.2, 0) is 11.3 Å². The number of benzene rings is 1. The number of carbonyl (C=O) groups is 1. The molecule has 5 heteroatoms. The standard InChI is InChI=1S/C13H19ClN2O.ClH/c1-9(2)7-12(15)13(17)16-8-10-5-3-4-6-11(10)14;/h3-6,9,12H,7-8,15H2,1-2H3,(H,16,17);1H/t12-;/m0./s1. The van der Waals surface area contributed by atoms with Crippen LogP contribution in [0.4, 0.5) is 0 Å². The molecular weight excluding hydrogens is 271 g/mol. The third-order valence-corrected chi connectivity index (χ3v) is 2.84. The molecule has 0 aliphatic carbocycles. The highest BCUT2D eigenvalue weighted by Crippen LogP contribution is 2.14. The summed E-state index contributed by atoms with van der Waals surface area (Å²) in [5.74, 6) is 0.287. The average molecular weight is 291 g/mol. The van der Waals surface area contributed by atoms with Gasteiger partial charge < -0.3 is 11.1 Å². The molecule has 0 aliphatic rings. The van der Waals surface area contributed by atoms with Gasteiger partial charge in [0.05, 0.1) is 6.04 Å². The zero-order chi connectivity index (χ0) is 12.8. The summed E-state index contributed by atoms with van der Waals surface area (Å²) in [4.78, 5) is 11.7. The van der Waals surface area contributed by atoms with E-state index in [2.05, 4.69) is 5.32 Å². The zero-order valence-corrected chi connectivity index (χ0v) is 12.2. The van der Waals surface area contributed by atoms with Gasteiger partial charge in [0, 0.05) is 11.6 Å². The first-order valence-electron chi connectivity index (χ1n) is 5.77. The molecule has 0 aliphatic heterocycles. The highest BCUT2D eigenvalue weighted by Gasteiger charge is 2.14. The Balaban J connectivity index is 0.00000289. The van der Waals surface area contributed by atoms with Crippen LogP contribution in [0.25, 0.3) is 0 Å². The SMILES string of the molecule is CC(C)C[C@H](N)C(=O)NCc1ccccc1Cl.Cl. The molecule has 0 fully saturated rings. The minimum Gasteiger partial charge on any atom is -0.351 e. The first-order valence-corrected chi connectivity index (χ1v) is 6.15. The maximum Gasteiger partial charge on any atom is 0.237 e. The van der Waals surface area contributed by atoms with Gasteiger partial charge in [-0.2, -0.15) is 0 Å². The van der Waals surface area contributed by atoms with E-state index in [0.29, 0.717) is 23.9 Å². The molecule has 18 heavy (non-hydrogen) atoms. The molecule has 0 bridgehead atoms. The van der Waals surface area contributed by atoms with Crippen LogP contribution in [0.5, 0.6) is 0 Å². The Morgan fingerprint density at radius 1 is 1.39 bits per heavy atom. The topological polar surface area (TPSA) is 55.1 Å². The van der Waals surface area contributed by atoms with Gasteiger partial charge in [0.1, 0.15) is 0 Å². The quantitative estimate of drug-likeness (QED) is 0.876. The number of hydrogen-bond donors (Lipinski definition) is 2. The number of nitrogens with two attached hydrogens (primary N) is 1. The summed E-state index contributed by atoms with van der Waals surface area (Å²) in [5, 5.41) is 3.45. The number of halogens is 2. The van der Waals surface area contributed by atoms with Gasteiger partial charge in [0.15, 0.2) is 0 Å². The summed E-state index contributed by atoms with van der Waals surface area (Å²) < 4.78 is 0. The number of nitrogens with one attached hydrogen (secondary N) is 1. The van der Waals surface area contributed by atoms with Crippen LogP contribution in [0.1, 0.15) is 25.8 Å². The van der Waals surface area contributed by atoms with Crippen molar-refractivity contribution in [3.8, 4) is 0 Å². The van der Waals surface area contributed by atoms with Crippen molar-refractivity contribution in [1.29, 1.82) is 0 Å². The van der Waals surface area contributed by atoms with E-state index in [1.165, 1.54) is 0 Å². The van der Waals surface area contributed by atoms with Crippen molar-refractivity contribution in [2.45, 2.75) is 32.9 Å². The summed E-state index contributed by atoms with van der Waals surface area (Å²) >= 11 is 5.99. The van der Waals surface area contributed by atoms with Crippen LogP contribution in [0, 0.1) is 5.92 Å². The lowest BCUT2D eigenvalue weighted by Gasteiger charge is -2.14. The van der Waals surface area contributed by atoms with E-state index < -0.39 is 6.04 Å². The van der Waals surface area contributed by atoms with Crippen LogP contribution in [0.15, 0.2) is 24.3 Å². The van der Waals surface area contributed by atoms with Gasteiger partial charge in [-0.05, 0) is 24.0 Å². The molecule has 102 valence electrons. The van der Waals surface area contributed by atoms with Gasteiger partial charge in [-0.3, -0.25) is 4.79 Å². The molecule has 1 aromatic rings. The van der Waals surface area contributed by atoms with Crippen LogP contribution in [-0.4, -0.2) is 11.9 Å². The van der Waals surface area contributed by atoms with E-state index in [9.17, 15) is 4.79 Å². The van der Waals surface area contributed by atoms with Gasteiger partial charge in [-0.1, -0.05) is 43.6 Å². The molecule has 3 N–H and O–H groups in total. The molecule has 0 radical (unpaired) electrons. The minimum atomic E-state index is -0.447. The molecule has 0 spiro atoms. The van der Waals surface area contributed by atoms with Crippen molar-refractivity contribution in [2.75, 3.05) is 0 Å². The fraction of sp³-hybridized carbons (Fsp3) is 0.462. The lowest BCUT2D eigenvalue weighted by atomic mass is 10.0. The second-order valence-electron chi connectivity index (χ2n) is 4.55. The average Bonchev–Trinajstić information content (AvgIpc) is 2.26. The van der Waals surface area contributed by atoms with E-state index in [1.54, 1.807) is 6.07 Å². The van der Waals surface area contributed by atoms with E-state index in [0.717, 1.165) is 5.56 Å². The Morgan fingerprint density at radius 3 is 2.56 bits per heavy atom. The second-order valence-corrected chi connectivity index (χ2v) is 4.95. The van der Waals surface area contributed by atoms with Crippen molar-refractivity contribution < 1.29 is 4.79 Å². The smallest absolute Gasteiger partial charge is 0.237 e. The third-order valence-electron chi connectivity index (χ3n) is 2.47. The molecule has 0 aromatic heterocycles. The fourth-order valence-corrected chi connectivity index (χ4v) is 1.77. The summed E-state index contributed by atoms with van der Waals surface area (Å²) in [6.45, 7) is 4.51. The fourth-order valence-electron chi connectivity index (χ4n) is 1.57. The molecular formula is C13H20Cl2N2O. The molecule has 1 amide bonds. The Bertz CT molecular complexity index is 383. The van der Waals surface area contributed by atoms with E-state index in [1.807, 2.05) is 32.0 Å². The van der Waals surface area contributed by atoms with Gasteiger partial charge in [0.2, 0.25) is 5.91 Å². The van der Waals surface area contributed by atoms with E-state index in [4.69, 9.17) is 17.3 Å². The first-order chi connectivity index (χ1) is 8.00. The van der Waals surface area contributed by atoms with Crippen LogP contribution < -0.4 is 11.1 Å². The summed E-state index contributed by atoms with van der Waals surface area (Å²) in [5.41, 5.74) is 6.68. The molecule has 0 saturated carbocycles. The predicted octanol–water partition coefficient (Wildman–Crippen LogP) is 2.75. The van der Waals surface area contributed by atoms with Crippen molar-refractivity contribution in [2.24, 2.45) is 11.7 Å². The van der Waals surface area contributed by atoms with Gasteiger partial charge in [-0.25, -0.2) is 0 Å². The van der Waals surface area contributed by atoms with Crippen molar-refractivity contribution in [3.05, 3.63) is 34.9 Å². The first kappa shape index (κ1) is 17.2. The zero-order valence-electron chi connectivity index (χ0n) is 10.7. The summed E-state index contributed by atoms with van der Waals surface area (Å²) in [6, 6.07) is 6.99. The van der Waals surface area contributed by atoms with Gasteiger partial charge in [-0.15, -0.1) is 12.4 Å². The molecule has 1 atom stereocenters. The largest absolute Gasteiger partial charge is 0.351 e. The lowest BCUT2D eigenvalue weighted by molar-refractivity contribution is -0.122. The van der Waals surface area contributed by atoms with Crippen molar-refractivity contribution in [3.63, 3.8) is 0 Å². The highest BCUT2D eigenvalue weighted by atomic mass is 35.5. The molecule has 0 heterocycles. The number of rotatable bonds is 5. The number of hydrogen-bond acceptors (Lipinski definition) is 2. The normalized spacial score (nSPS) is 11.8. The Kier molecular flexibility index (Phi) is 8.00. The Hall–Kier alpha value is -0.770. The molecule has 0 saturated heterocycles. The number of amides is 1. The summed E-state index contributed by atoms with van der Waals surface area (Å²) in [6.07, 6.45) is 0.689. The van der Waals surface area contributed by atoms with Gasteiger partial charge in [0.25, 0.3) is 0 Å². The molecule has 0 unspecified atom stereocenters. The number of carbonyl (C=O) groups excluding carboxylic acids is 1. The Labute approximate surface area is 119 Å². The van der Waals surface area contributed by atoms with E-state index in [-0.39, 0.29) is 18.3 Å². The molecule has 3 nitrogen and oxygen atoms in total. The van der Waals surface area contributed by atoms with Crippen LogP contribution in [0.2, 0.25) is 5.02 Å². The maximum absolute atomic E-state index is 11.7. The maximum atomic E-state index is 11.7. The van der Waals surface area contributed by atoms with Crippen LogP contribution in [0.3, 0.4) is 0 Å². The monoisotopic (exact) mass is 290 g/mol. The van der Waals surface area contributed by atoms with Gasteiger partial charge >= 0.3 is 0 Å². The minimum absolute atomic E-state index is 0. The summed E-state index contributed by atoms with van der Waals surface area (Å²) in [7, 11) is 0. The lowest BCUT2D eigenvalue weighted by Crippen LogP contribution is -2.41. The van der Waals surface area contributed by atoms with Crippen molar-refractivity contribution in [1.82, 2.24) is 5.32 Å². The van der Waals surface area contributed by atoms with Crippen LogP contribution >= 0.6 is 24.0 Å². The Morgan fingerprint density at radius 2 is 2.00 bits per heavy atom.